The Labute approximate surface area is 125 Å². The number of aromatic nitrogens is 2. The van der Waals surface area contributed by atoms with Crippen LogP contribution < -0.4 is 10.3 Å². The van der Waals surface area contributed by atoms with Crippen molar-refractivity contribution < 1.29 is 4.74 Å². The highest BCUT2D eigenvalue weighted by Crippen LogP contribution is 2.37. The van der Waals surface area contributed by atoms with Gasteiger partial charge in [0.2, 0.25) is 5.75 Å². The molecule has 6 heteroatoms. The van der Waals surface area contributed by atoms with E-state index in [9.17, 15) is 4.79 Å². The summed E-state index contributed by atoms with van der Waals surface area (Å²) in [5, 5.41) is 0.439. The van der Waals surface area contributed by atoms with Gasteiger partial charge in [0, 0.05) is 16.7 Å². The lowest BCUT2D eigenvalue weighted by atomic mass is 10.1. The van der Waals surface area contributed by atoms with E-state index < -0.39 is 0 Å². The van der Waals surface area contributed by atoms with Crippen LogP contribution in [0.1, 0.15) is 5.56 Å². The zero-order valence-electron chi connectivity index (χ0n) is 10.9. The SMILES string of the molecule is COc1c(Cl)ncn(CC2Cc3ccccc3S2)c1=O. The summed E-state index contributed by atoms with van der Waals surface area (Å²) < 4.78 is 6.57. The smallest absolute Gasteiger partial charge is 0.297 e. The number of thioether (sulfide) groups is 1. The Balaban J connectivity index is 1.82. The predicted molar refractivity (Wildman–Crippen MR) is 79.9 cm³/mol. The molecule has 1 atom stereocenters. The molecule has 20 heavy (non-hydrogen) atoms. The van der Waals surface area contributed by atoms with E-state index >= 15 is 0 Å². The van der Waals surface area contributed by atoms with Gasteiger partial charge in [-0.3, -0.25) is 9.36 Å². The minimum Gasteiger partial charge on any atom is -0.489 e. The number of benzene rings is 1. The van der Waals surface area contributed by atoms with Crippen molar-refractivity contribution in [1.82, 2.24) is 9.55 Å². The number of halogens is 1. The Morgan fingerprint density at radius 1 is 1.50 bits per heavy atom. The van der Waals surface area contributed by atoms with Gasteiger partial charge in [-0.1, -0.05) is 29.8 Å². The molecular formula is C14H13ClN2O2S. The fourth-order valence-electron chi connectivity index (χ4n) is 2.33. The van der Waals surface area contributed by atoms with Crippen LogP contribution in [0.5, 0.6) is 5.75 Å². The summed E-state index contributed by atoms with van der Waals surface area (Å²) in [5.41, 5.74) is 1.11. The van der Waals surface area contributed by atoms with Crippen LogP contribution in [0.15, 0.2) is 40.3 Å². The first-order chi connectivity index (χ1) is 9.69. The molecule has 1 unspecified atom stereocenters. The first-order valence-electron chi connectivity index (χ1n) is 6.22. The van der Waals surface area contributed by atoms with Crippen molar-refractivity contribution >= 4 is 23.4 Å². The molecule has 1 aliphatic rings. The van der Waals surface area contributed by atoms with Crippen molar-refractivity contribution in [3.63, 3.8) is 0 Å². The summed E-state index contributed by atoms with van der Waals surface area (Å²) in [4.78, 5) is 17.5. The highest BCUT2D eigenvalue weighted by molar-refractivity contribution is 8.00. The van der Waals surface area contributed by atoms with Crippen molar-refractivity contribution in [3.8, 4) is 5.75 Å². The highest BCUT2D eigenvalue weighted by Gasteiger charge is 2.23. The third kappa shape index (κ3) is 2.43. The van der Waals surface area contributed by atoms with E-state index in [1.807, 2.05) is 12.1 Å². The number of rotatable bonds is 3. The fourth-order valence-corrected chi connectivity index (χ4v) is 3.85. The molecule has 104 valence electrons. The molecule has 3 rings (SSSR count). The number of methoxy groups -OCH3 is 1. The molecule has 0 amide bonds. The molecule has 1 aromatic carbocycles. The summed E-state index contributed by atoms with van der Waals surface area (Å²) in [6.45, 7) is 0.596. The largest absolute Gasteiger partial charge is 0.489 e. The second-order valence-corrected chi connectivity index (χ2v) is 6.28. The molecule has 1 aromatic heterocycles. The molecular weight excluding hydrogens is 296 g/mol. The molecule has 0 aliphatic carbocycles. The molecule has 0 fully saturated rings. The monoisotopic (exact) mass is 308 g/mol. The lowest BCUT2D eigenvalue weighted by Crippen LogP contribution is -2.26. The number of hydrogen-bond acceptors (Lipinski definition) is 4. The fraction of sp³-hybridized carbons (Fsp3) is 0.286. The Kier molecular flexibility index (Phi) is 3.72. The van der Waals surface area contributed by atoms with Gasteiger partial charge in [-0.2, -0.15) is 0 Å². The van der Waals surface area contributed by atoms with Crippen molar-refractivity contribution in [2.24, 2.45) is 0 Å². The van der Waals surface area contributed by atoms with Crippen LogP contribution in [-0.2, 0) is 13.0 Å². The summed E-state index contributed by atoms with van der Waals surface area (Å²) in [6.07, 6.45) is 2.44. The zero-order valence-corrected chi connectivity index (χ0v) is 12.4. The second kappa shape index (κ2) is 5.50. The van der Waals surface area contributed by atoms with Gasteiger partial charge >= 0.3 is 0 Å². The molecule has 4 nitrogen and oxygen atoms in total. The average Bonchev–Trinajstić information content (AvgIpc) is 2.85. The quantitative estimate of drug-likeness (QED) is 0.818. The normalized spacial score (nSPS) is 17.0. The standard InChI is InChI=1S/C14H13ClN2O2S/c1-19-12-13(15)16-8-17(14(12)18)7-10-6-9-4-2-3-5-11(9)20-10/h2-5,8,10H,6-7H2,1H3. The third-order valence-electron chi connectivity index (χ3n) is 3.27. The Morgan fingerprint density at radius 3 is 3.05 bits per heavy atom. The highest BCUT2D eigenvalue weighted by atomic mass is 35.5. The van der Waals surface area contributed by atoms with E-state index in [-0.39, 0.29) is 16.5 Å². The van der Waals surface area contributed by atoms with E-state index in [0.717, 1.165) is 6.42 Å². The van der Waals surface area contributed by atoms with E-state index in [2.05, 4.69) is 17.1 Å². The summed E-state index contributed by atoms with van der Waals surface area (Å²) >= 11 is 7.63. The van der Waals surface area contributed by atoms with Crippen LogP contribution in [0, 0.1) is 0 Å². The summed E-state index contributed by atoms with van der Waals surface area (Å²) in [7, 11) is 1.43. The molecule has 0 bridgehead atoms. The van der Waals surface area contributed by atoms with Crippen molar-refractivity contribution in [3.05, 3.63) is 51.7 Å². The van der Waals surface area contributed by atoms with Gasteiger partial charge in [-0.25, -0.2) is 4.98 Å². The van der Waals surface area contributed by atoms with Crippen LogP contribution in [0.2, 0.25) is 5.15 Å². The predicted octanol–water partition coefficient (Wildman–Crippen LogP) is 2.62. The van der Waals surface area contributed by atoms with E-state index in [1.165, 1.54) is 23.9 Å². The Bertz CT molecular complexity index is 677. The van der Waals surface area contributed by atoms with Crippen LogP contribution >= 0.6 is 23.4 Å². The molecule has 2 heterocycles. The van der Waals surface area contributed by atoms with Gasteiger partial charge in [-0.15, -0.1) is 11.8 Å². The topological polar surface area (TPSA) is 44.1 Å². The van der Waals surface area contributed by atoms with Gasteiger partial charge in [0.25, 0.3) is 5.56 Å². The molecule has 0 spiro atoms. The van der Waals surface area contributed by atoms with Gasteiger partial charge < -0.3 is 4.74 Å². The van der Waals surface area contributed by atoms with Gasteiger partial charge in [0.05, 0.1) is 13.4 Å². The van der Waals surface area contributed by atoms with Crippen molar-refractivity contribution in [2.45, 2.75) is 23.1 Å². The number of nitrogens with zero attached hydrogens (tertiary/aromatic N) is 2. The minimum absolute atomic E-state index is 0.106. The van der Waals surface area contributed by atoms with Crippen LogP contribution in [0.3, 0.4) is 0 Å². The Hall–Kier alpha value is -1.46. The van der Waals surface area contributed by atoms with Gasteiger partial charge in [0.1, 0.15) is 0 Å². The number of hydrogen-bond donors (Lipinski definition) is 0. The molecule has 0 saturated carbocycles. The van der Waals surface area contributed by atoms with Crippen LogP contribution in [0.4, 0.5) is 0 Å². The maximum atomic E-state index is 12.2. The van der Waals surface area contributed by atoms with E-state index in [4.69, 9.17) is 16.3 Å². The summed E-state index contributed by atoms with van der Waals surface area (Å²) in [6, 6.07) is 8.32. The molecule has 0 radical (unpaired) electrons. The summed E-state index contributed by atoms with van der Waals surface area (Å²) in [5.74, 6) is 0.106. The molecule has 0 saturated heterocycles. The maximum absolute atomic E-state index is 12.2. The Morgan fingerprint density at radius 2 is 2.30 bits per heavy atom. The van der Waals surface area contributed by atoms with Gasteiger partial charge in [0.15, 0.2) is 5.15 Å². The second-order valence-electron chi connectivity index (χ2n) is 4.58. The molecule has 1 aliphatic heterocycles. The lowest BCUT2D eigenvalue weighted by Gasteiger charge is -2.12. The van der Waals surface area contributed by atoms with E-state index in [1.54, 1.807) is 16.3 Å². The molecule has 2 aromatic rings. The average molecular weight is 309 g/mol. The van der Waals surface area contributed by atoms with Crippen molar-refractivity contribution in [1.29, 1.82) is 0 Å². The zero-order chi connectivity index (χ0) is 14.1. The van der Waals surface area contributed by atoms with Crippen molar-refractivity contribution in [2.75, 3.05) is 7.11 Å². The van der Waals surface area contributed by atoms with Crippen LogP contribution in [0.25, 0.3) is 0 Å². The third-order valence-corrected chi connectivity index (χ3v) is 4.84. The maximum Gasteiger partial charge on any atom is 0.297 e. The number of fused-ring (bicyclic) bond motifs is 1. The first-order valence-corrected chi connectivity index (χ1v) is 7.48. The van der Waals surface area contributed by atoms with Crippen LogP contribution in [-0.4, -0.2) is 21.9 Å². The molecule has 0 N–H and O–H groups in total. The first kappa shape index (κ1) is 13.5. The lowest BCUT2D eigenvalue weighted by molar-refractivity contribution is 0.399. The minimum atomic E-state index is -0.232. The number of ether oxygens (including phenoxy) is 1. The van der Waals surface area contributed by atoms with E-state index in [0.29, 0.717) is 11.8 Å². The van der Waals surface area contributed by atoms with Gasteiger partial charge in [-0.05, 0) is 18.1 Å².